The summed E-state index contributed by atoms with van der Waals surface area (Å²) in [5.74, 6) is 0.781. The first kappa shape index (κ1) is 16.3. The van der Waals surface area contributed by atoms with Gasteiger partial charge in [0.15, 0.2) is 0 Å². The number of hydrogen-bond donors (Lipinski definition) is 1. The molecule has 3 heterocycles. The minimum Gasteiger partial charge on any atom is -0.382 e. The summed E-state index contributed by atoms with van der Waals surface area (Å²) >= 11 is 0. The van der Waals surface area contributed by atoms with Gasteiger partial charge in [0.2, 0.25) is 0 Å². The van der Waals surface area contributed by atoms with E-state index in [2.05, 4.69) is 15.3 Å². The van der Waals surface area contributed by atoms with Crippen LogP contribution in [0.4, 0.5) is 0 Å². The van der Waals surface area contributed by atoms with E-state index in [1.54, 1.807) is 7.11 Å². The van der Waals surface area contributed by atoms with Gasteiger partial charge in [-0.3, -0.25) is 4.79 Å². The van der Waals surface area contributed by atoms with Crippen LogP contribution in [0.2, 0.25) is 0 Å². The highest BCUT2D eigenvalue weighted by Gasteiger charge is 2.36. The quantitative estimate of drug-likeness (QED) is 0.901. The van der Waals surface area contributed by atoms with Gasteiger partial charge in [-0.1, -0.05) is 5.21 Å². The number of methoxy groups -OCH3 is 1. The zero-order chi connectivity index (χ0) is 17.6. The number of hydrogen-bond acceptors (Lipinski definition) is 4. The Hall–Kier alpha value is -2.15. The fourth-order valence-electron chi connectivity index (χ4n) is 3.75. The van der Waals surface area contributed by atoms with Gasteiger partial charge in [-0.15, -0.1) is 5.10 Å². The molecule has 1 aliphatic heterocycles. The Kier molecular flexibility index (Phi) is 4.11. The standard InChI is InChI=1S/C18H25N5O2/c1-11-8-14(12(2)19-11)18(24)22-7-6-15-17(16(22)10-25-3)20-21-23(15)9-13-4-5-13/h8,13,16,19H,4-7,9-10H2,1-3H3/t16-/m0/s1. The number of aromatic amines is 1. The third kappa shape index (κ3) is 2.97. The SMILES string of the molecule is COC[C@H]1c2nnn(CC3CC3)c2CCN1C(=O)c1cc(C)[nH]c1C. The van der Waals surface area contributed by atoms with E-state index in [1.807, 2.05) is 29.5 Å². The van der Waals surface area contributed by atoms with Crippen LogP contribution in [-0.2, 0) is 17.7 Å². The molecule has 1 N–H and O–H groups in total. The van der Waals surface area contributed by atoms with E-state index in [0.29, 0.717) is 13.2 Å². The predicted octanol–water partition coefficient (Wildman–Crippen LogP) is 2.02. The first-order valence-corrected chi connectivity index (χ1v) is 8.97. The molecule has 2 aromatic heterocycles. The Labute approximate surface area is 147 Å². The van der Waals surface area contributed by atoms with Gasteiger partial charge in [0.1, 0.15) is 11.7 Å². The second-order valence-corrected chi connectivity index (χ2v) is 7.26. The molecule has 0 radical (unpaired) electrons. The largest absolute Gasteiger partial charge is 0.382 e. The Morgan fingerprint density at radius 1 is 1.40 bits per heavy atom. The van der Waals surface area contributed by atoms with E-state index >= 15 is 0 Å². The summed E-state index contributed by atoms with van der Waals surface area (Å²) in [6.45, 7) is 5.96. The van der Waals surface area contributed by atoms with Crippen molar-refractivity contribution >= 4 is 5.91 Å². The summed E-state index contributed by atoms with van der Waals surface area (Å²) in [4.78, 5) is 18.2. The van der Waals surface area contributed by atoms with Gasteiger partial charge in [0.05, 0.1) is 17.9 Å². The molecular weight excluding hydrogens is 318 g/mol. The van der Waals surface area contributed by atoms with Crippen molar-refractivity contribution in [2.75, 3.05) is 20.3 Å². The molecule has 0 saturated heterocycles. The van der Waals surface area contributed by atoms with E-state index in [-0.39, 0.29) is 11.9 Å². The van der Waals surface area contributed by atoms with Crippen molar-refractivity contribution in [3.63, 3.8) is 0 Å². The molecule has 7 heteroatoms. The highest BCUT2D eigenvalue weighted by atomic mass is 16.5. The Morgan fingerprint density at radius 3 is 2.84 bits per heavy atom. The molecule has 2 aromatic rings. The van der Waals surface area contributed by atoms with E-state index in [4.69, 9.17) is 4.74 Å². The molecular formula is C18H25N5O2. The minimum absolute atomic E-state index is 0.0336. The number of fused-ring (bicyclic) bond motifs is 1. The molecule has 4 rings (SSSR count). The smallest absolute Gasteiger partial charge is 0.256 e. The molecule has 0 spiro atoms. The number of rotatable bonds is 5. The molecule has 0 unspecified atom stereocenters. The molecule has 1 atom stereocenters. The lowest BCUT2D eigenvalue weighted by atomic mass is 10.0. The van der Waals surface area contributed by atoms with Crippen molar-refractivity contribution in [1.29, 1.82) is 0 Å². The molecule has 134 valence electrons. The summed E-state index contributed by atoms with van der Waals surface area (Å²) in [5, 5.41) is 8.79. The fourth-order valence-corrected chi connectivity index (χ4v) is 3.75. The number of ether oxygens (including phenoxy) is 1. The highest BCUT2D eigenvalue weighted by molar-refractivity contribution is 5.96. The third-order valence-corrected chi connectivity index (χ3v) is 5.24. The van der Waals surface area contributed by atoms with Crippen molar-refractivity contribution in [3.8, 4) is 0 Å². The van der Waals surface area contributed by atoms with Crippen LogP contribution in [0, 0.1) is 19.8 Å². The first-order valence-electron chi connectivity index (χ1n) is 8.97. The second-order valence-electron chi connectivity index (χ2n) is 7.26. The Balaban J connectivity index is 1.64. The number of nitrogens with one attached hydrogen (secondary N) is 1. The minimum atomic E-state index is -0.177. The summed E-state index contributed by atoms with van der Waals surface area (Å²) < 4.78 is 7.46. The Bertz CT molecular complexity index is 789. The van der Waals surface area contributed by atoms with Gasteiger partial charge < -0.3 is 14.6 Å². The van der Waals surface area contributed by atoms with Crippen LogP contribution in [-0.4, -0.2) is 51.0 Å². The second kappa shape index (κ2) is 6.29. The van der Waals surface area contributed by atoms with Gasteiger partial charge in [-0.2, -0.15) is 0 Å². The van der Waals surface area contributed by atoms with Crippen LogP contribution in [0.5, 0.6) is 0 Å². The van der Waals surface area contributed by atoms with Crippen molar-refractivity contribution in [2.45, 2.75) is 45.7 Å². The molecule has 25 heavy (non-hydrogen) atoms. The number of aromatic nitrogens is 4. The lowest BCUT2D eigenvalue weighted by Crippen LogP contribution is -2.42. The summed E-state index contributed by atoms with van der Waals surface area (Å²) in [6.07, 6.45) is 3.36. The summed E-state index contributed by atoms with van der Waals surface area (Å²) in [5.41, 5.74) is 4.69. The normalized spacial score (nSPS) is 20.0. The van der Waals surface area contributed by atoms with Crippen LogP contribution >= 0.6 is 0 Å². The third-order valence-electron chi connectivity index (χ3n) is 5.24. The van der Waals surface area contributed by atoms with Gasteiger partial charge in [-0.25, -0.2) is 4.68 Å². The van der Waals surface area contributed by atoms with Gasteiger partial charge in [0.25, 0.3) is 5.91 Å². The van der Waals surface area contributed by atoms with Crippen LogP contribution in [0.15, 0.2) is 6.07 Å². The van der Waals surface area contributed by atoms with Crippen LogP contribution in [0.25, 0.3) is 0 Å². The number of carbonyl (C=O) groups is 1. The lowest BCUT2D eigenvalue weighted by Gasteiger charge is -2.34. The number of aryl methyl sites for hydroxylation is 2. The lowest BCUT2D eigenvalue weighted by molar-refractivity contribution is 0.0489. The van der Waals surface area contributed by atoms with E-state index in [9.17, 15) is 4.79 Å². The van der Waals surface area contributed by atoms with Crippen molar-refractivity contribution in [3.05, 3.63) is 34.4 Å². The molecule has 0 bridgehead atoms. The monoisotopic (exact) mass is 343 g/mol. The maximum Gasteiger partial charge on any atom is 0.256 e. The van der Waals surface area contributed by atoms with E-state index in [1.165, 1.54) is 18.5 Å². The fraction of sp³-hybridized carbons (Fsp3) is 0.611. The van der Waals surface area contributed by atoms with Gasteiger partial charge >= 0.3 is 0 Å². The molecule has 1 amide bonds. The van der Waals surface area contributed by atoms with Crippen molar-refractivity contribution < 1.29 is 9.53 Å². The van der Waals surface area contributed by atoms with E-state index < -0.39 is 0 Å². The predicted molar refractivity (Wildman–Crippen MR) is 92.4 cm³/mol. The molecule has 1 fully saturated rings. The average Bonchev–Trinajstić information content (AvgIpc) is 3.21. The Morgan fingerprint density at radius 2 is 2.20 bits per heavy atom. The van der Waals surface area contributed by atoms with Gasteiger partial charge in [0, 0.05) is 38.0 Å². The van der Waals surface area contributed by atoms with Crippen LogP contribution in [0.1, 0.15) is 52.0 Å². The maximum absolute atomic E-state index is 13.1. The van der Waals surface area contributed by atoms with Crippen LogP contribution < -0.4 is 0 Å². The molecule has 2 aliphatic rings. The average molecular weight is 343 g/mol. The zero-order valence-electron chi connectivity index (χ0n) is 15.1. The first-order chi connectivity index (χ1) is 12.1. The van der Waals surface area contributed by atoms with Crippen LogP contribution in [0.3, 0.4) is 0 Å². The molecule has 7 nitrogen and oxygen atoms in total. The molecule has 1 saturated carbocycles. The van der Waals surface area contributed by atoms with Crippen molar-refractivity contribution in [2.24, 2.45) is 5.92 Å². The number of amides is 1. The highest BCUT2D eigenvalue weighted by Crippen LogP contribution is 2.34. The summed E-state index contributed by atoms with van der Waals surface area (Å²) in [7, 11) is 1.66. The number of H-pyrrole nitrogens is 1. The molecule has 1 aliphatic carbocycles. The number of carbonyl (C=O) groups excluding carboxylic acids is 1. The van der Waals surface area contributed by atoms with Gasteiger partial charge in [-0.05, 0) is 38.7 Å². The maximum atomic E-state index is 13.1. The van der Waals surface area contributed by atoms with Crippen molar-refractivity contribution in [1.82, 2.24) is 24.9 Å². The van der Waals surface area contributed by atoms with E-state index in [0.717, 1.165) is 41.5 Å². The summed E-state index contributed by atoms with van der Waals surface area (Å²) in [6, 6.07) is 1.74. The number of nitrogens with zero attached hydrogens (tertiary/aromatic N) is 4. The zero-order valence-corrected chi connectivity index (χ0v) is 15.1. The molecule has 0 aromatic carbocycles. The topological polar surface area (TPSA) is 76.0 Å².